The van der Waals surface area contributed by atoms with Gasteiger partial charge in [0.05, 0.1) is 23.4 Å². The molecule has 0 aliphatic rings. The van der Waals surface area contributed by atoms with Gasteiger partial charge in [-0.05, 0) is 31.5 Å². The molecule has 3 rings (SSSR count). The topological polar surface area (TPSA) is 62.2 Å². The molecule has 24 heavy (non-hydrogen) atoms. The number of amides is 1. The van der Waals surface area contributed by atoms with E-state index in [1.54, 1.807) is 0 Å². The van der Waals surface area contributed by atoms with Crippen LogP contribution in [0, 0.1) is 13.8 Å². The van der Waals surface area contributed by atoms with Crippen LogP contribution in [0.5, 0.6) is 0 Å². The Kier molecular flexibility index (Phi) is 4.58. The van der Waals surface area contributed by atoms with Gasteiger partial charge in [0.1, 0.15) is 0 Å². The van der Waals surface area contributed by atoms with Gasteiger partial charge in [0.15, 0.2) is 0 Å². The summed E-state index contributed by atoms with van der Waals surface area (Å²) in [6.07, 6.45) is 0. The summed E-state index contributed by atoms with van der Waals surface area (Å²) in [5, 5.41) is 12.5. The zero-order valence-corrected chi connectivity index (χ0v) is 13.8. The molecule has 0 saturated heterocycles. The number of benzene rings is 2. The summed E-state index contributed by atoms with van der Waals surface area (Å²) in [6, 6.07) is 15.6. The van der Waals surface area contributed by atoms with E-state index in [2.05, 4.69) is 18.3 Å². The van der Waals surface area contributed by atoms with Crippen LogP contribution < -0.4 is 5.32 Å². The van der Waals surface area contributed by atoms with Crippen LogP contribution >= 0.6 is 0 Å². The Bertz CT molecular complexity index is 903. The van der Waals surface area contributed by atoms with E-state index in [1.165, 1.54) is 5.56 Å². The molecule has 1 amide bonds. The number of hydrogen-bond acceptors (Lipinski definition) is 3. The maximum absolute atomic E-state index is 12.5. The van der Waals surface area contributed by atoms with Crippen molar-refractivity contribution >= 4 is 16.8 Å². The summed E-state index contributed by atoms with van der Waals surface area (Å²) < 4.78 is 0. The van der Waals surface area contributed by atoms with Crippen LogP contribution in [0.1, 0.15) is 21.5 Å². The maximum Gasteiger partial charge on any atom is 0.252 e. The summed E-state index contributed by atoms with van der Waals surface area (Å²) in [6.45, 7) is 4.25. The molecule has 1 aromatic heterocycles. The van der Waals surface area contributed by atoms with Gasteiger partial charge in [-0.15, -0.1) is 0 Å². The predicted octanol–water partition coefficient (Wildman–Crippen LogP) is 3.24. The lowest BCUT2D eigenvalue weighted by molar-refractivity contribution is 0.0946. The highest BCUT2D eigenvalue weighted by Gasteiger charge is 2.14. The normalized spacial score (nSPS) is 10.8. The average molecular weight is 320 g/mol. The molecule has 0 bridgehead atoms. The van der Waals surface area contributed by atoms with Crippen molar-refractivity contribution in [2.24, 2.45) is 0 Å². The molecule has 4 heteroatoms. The third kappa shape index (κ3) is 3.14. The fourth-order valence-corrected chi connectivity index (χ4v) is 2.87. The van der Waals surface area contributed by atoms with E-state index in [0.717, 1.165) is 27.7 Å². The molecule has 0 saturated carbocycles. The van der Waals surface area contributed by atoms with Crippen LogP contribution in [0.2, 0.25) is 0 Å². The van der Waals surface area contributed by atoms with Crippen LogP contribution in [-0.4, -0.2) is 29.1 Å². The number of para-hydroxylation sites is 1. The molecule has 122 valence electrons. The molecule has 0 spiro atoms. The van der Waals surface area contributed by atoms with Crippen molar-refractivity contribution < 1.29 is 9.90 Å². The van der Waals surface area contributed by atoms with E-state index in [0.29, 0.717) is 5.56 Å². The Balaban J connectivity index is 2.18. The van der Waals surface area contributed by atoms with Crippen molar-refractivity contribution in [3.63, 3.8) is 0 Å². The highest BCUT2D eigenvalue weighted by Crippen LogP contribution is 2.27. The number of rotatable bonds is 4. The number of carbonyl (C=O) groups is 1. The van der Waals surface area contributed by atoms with E-state index in [4.69, 9.17) is 10.1 Å². The smallest absolute Gasteiger partial charge is 0.252 e. The van der Waals surface area contributed by atoms with Crippen LogP contribution in [-0.2, 0) is 0 Å². The van der Waals surface area contributed by atoms with Gasteiger partial charge < -0.3 is 10.4 Å². The number of carbonyl (C=O) groups excluding carboxylic acids is 1. The number of aliphatic hydroxyl groups excluding tert-OH is 1. The Morgan fingerprint density at radius 1 is 1.12 bits per heavy atom. The van der Waals surface area contributed by atoms with Gasteiger partial charge in [0.25, 0.3) is 5.91 Å². The summed E-state index contributed by atoms with van der Waals surface area (Å²) >= 11 is 0. The quantitative estimate of drug-likeness (QED) is 0.776. The monoisotopic (exact) mass is 320 g/mol. The Morgan fingerprint density at radius 3 is 2.67 bits per heavy atom. The molecule has 0 aliphatic carbocycles. The van der Waals surface area contributed by atoms with Gasteiger partial charge in [-0.3, -0.25) is 4.79 Å². The van der Waals surface area contributed by atoms with Gasteiger partial charge in [0.2, 0.25) is 0 Å². The number of nitrogens with one attached hydrogen (secondary N) is 1. The van der Waals surface area contributed by atoms with E-state index in [1.807, 2.05) is 49.4 Å². The number of aryl methyl sites for hydroxylation is 2. The lowest BCUT2D eigenvalue weighted by Gasteiger charge is -2.12. The van der Waals surface area contributed by atoms with Crippen LogP contribution in [0.3, 0.4) is 0 Å². The van der Waals surface area contributed by atoms with E-state index < -0.39 is 0 Å². The lowest BCUT2D eigenvalue weighted by atomic mass is 9.99. The highest BCUT2D eigenvalue weighted by atomic mass is 16.3. The predicted molar refractivity (Wildman–Crippen MR) is 96.1 cm³/mol. The number of fused-ring (bicyclic) bond motifs is 1. The number of aliphatic hydroxyl groups is 1. The number of pyridine rings is 1. The van der Waals surface area contributed by atoms with E-state index >= 15 is 0 Å². The molecular weight excluding hydrogens is 300 g/mol. The first-order valence-corrected chi connectivity index (χ1v) is 7.96. The van der Waals surface area contributed by atoms with E-state index in [-0.39, 0.29) is 19.1 Å². The van der Waals surface area contributed by atoms with Crippen molar-refractivity contribution in [2.45, 2.75) is 13.8 Å². The second-order valence-corrected chi connectivity index (χ2v) is 5.87. The largest absolute Gasteiger partial charge is 0.395 e. The standard InChI is InChI=1S/C20H20N2O2/c1-13-7-8-15(14(2)11-13)19-12-17(20(24)21-9-10-23)16-5-3-4-6-18(16)22-19/h3-8,11-12,23H,9-10H2,1-2H3,(H,21,24). The minimum absolute atomic E-state index is 0.0846. The number of hydrogen-bond donors (Lipinski definition) is 2. The second-order valence-electron chi connectivity index (χ2n) is 5.87. The molecule has 2 N–H and O–H groups in total. The second kappa shape index (κ2) is 6.81. The zero-order chi connectivity index (χ0) is 17.1. The third-order valence-corrected chi connectivity index (χ3v) is 4.02. The van der Waals surface area contributed by atoms with Gasteiger partial charge in [-0.1, -0.05) is 42.0 Å². The summed E-state index contributed by atoms with van der Waals surface area (Å²) in [5.41, 5.74) is 5.47. The fraction of sp³-hybridized carbons (Fsp3) is 0.200. The summed E-state index contributed by atoms with van der Waals surface area (Å²) in [5.74, 6) is -0.200. The van der Waals surface area contributed by atoms with Crippen molar-refractivity contribution in [1.29, 1.82) is 0 Å². The Labute approximate surface area is 141 Å². The van der Waals surface area contributed by atoms with Crippen molar-refractivity contribution in [3.8, 4) is 11.3 Å². The molecule has 1 heterocycles. The lowest BCUT2D eigenvalue weighted by Crippen LogP contribution is -2.26. The van der Waals surface area contributed by atoms with Crippen LogP contribution in [0.25, 0.3) is 22.2 Å². The Hall–Kier alpha value is -2.72. The van der Waals surface area contributed by atoms with Gasteiger partial charge in [-0.2, -0.15) is 0 Å². The van der Waals surface area contributed by atoms with Gasteiger partial charge >= 0.3 is 0 Å². The fourth-order valence-electron chi connectivity index (χ4n) is 2.87. The molecule has 0 unspecified atom stereocenters. The van der Waals surface area contributed by atoms with Crippen LogP contribution in [0.4, 0.5) is 0 Å². The highest BCUT2D eigenvalue weighted by molar-refractivity contribution is 6.07. The molecule has 0 radical (unpaired) electrons. The summed E-state index contributed by atoms with van der Waals surface area (Å²) in [7, 11) is 0. The molecule has 0 aliphatic heterocycles. The molecule has 3 aromatic rings. The first-order valence-electron chi connectivity index (χ1n) is 7.96. The minimum atomic E-state index is -0.200. The van der Waals surface area contributed by atoms with Crippen molar-refractivity contribution in [2.75, 3.05) is 13.2 Å². The third-order valence-electron chi connectivity index (χ3n) is 4.02. The minimum Gasteiger partial charge on any atom is -0.395 e. The number of nitrogens with zero attached hydrogens (tertiary/aromatic N) is 1. The zero-order valence-electron chi connectivity index (χ0n) is 13.8. The van der Waals surface area contributed by atoms with Crippen molar-refractivity contribution in [3.05, 3.63) is 65.2 Å². The molecule has 0 atom stereocenters. The van der Waals surface area contributed by atoms with Crippen LogP contribution in [0.15, 0.2) is 48.5 Å². The van der Waals surface area contributed by atoms with Crippen molar-refractivity contribution in [1.82, 2.24) is 10.3 Å². The van der Waals surface area contributed by atoms with Gasteiger partial charge in [0, 0.05) is 17.5 Å². The molecule has 2 aromatic carbocycles. The molecule has 4 nitrogen and oxygen atoms in total. The number of aromatic nitrogens is 1. The van der Waals surface area contributed by atoms with E-state index in [9.17, 15) is 4.79 Å². The first-order chi connectivity index (χ1) is 11.6. The summed E-state index contributed by atoms with van der Waals surface area (Å²) in [4.78, 5) is 17.2. The first kappa shape index (κ1) is 16.1. The SMILES string of the molecule is Cc1ccc(-c2cc(C(=O)NCCO)c3ccccc3n2)c(C)c1. The molecule has 0 fully saturated rings. The average Bonchev–Trinajstić information content (AvgIpc) is 2.58. The molecular formula is C20H20N2O2. The Morgan fingerprint density at radius 2 is 1.92 bits per heavy atom. The maximum atomic E-state index is 12.5. The van der Waals surface area contributed by atoms with Gasteiger partial charge in [-0.25, -0.2) is 4.98 Å².